The lowest BCUT2D eigenvalue weighted by molar-refractivity contribution is -0.115. The highest BCUT2D eigenvalue weighted by Crippen LogP contribution is 2.37. The molecule has 0 spiro atoms. The van der Waals surface area contributed by atoms with Crippen molar-refractivity contribution in [3.05, 3.63) is 27.1 Å². The van der Waals surface area contributed by atoms with Crippen LogP contribution in [0.15, 0.2) is 21.5 Å². The Morgan fingerprint density at radius 2 is 2.32 bits per heavy atom. The van der Waals surface area contributed by atoms with E-state index >= 15 is 0 Å². The molecule has 7 heteroatoms. The minimum absolute atomic E-state index is 0.00349. The predicted molar refractivity (Wildman–Crippen MR) is 83.3 cm³/mol. The first kappa shape index (κ1) is 14.4. The van der Waals surface area contributed by atoms with Crippen LogP contribution in [0.1, 0.15) is 12.5 Å². The van der Waals surface area contributed by atoms with E-state index in [2.05, 4.69) is 21.2 Å². The normalized spacial score (nSPS) is 16.8. The van der Waals surface area contributed by atoms with Crippen LogP contribution in [0.3, 0.4) is 0 Å². The third kappa shape index (κ3) is 3.29. The second kappa shape index (κ2) is 5.94. The maximum absolute atomic E-state index is 11.6. The highest BCUT2D eigenvalue weighted by atomic mass is 79.9. The van der Waals surface area contributed by atoms with Crippen LogP contribution in [-0.2, 0) is 4.79 Å². The number of carbonyl (C=O) groups is 1. The van der Waals surface area contributed by atoms with Gasteiger partial charge in [0, 0.05) is 10.0 Å². The molecule has 19 heavy (non-hydrogen) atoms. The minimum Gasteiger partial charge on any atom is -0.504 e. The summed E-state index contributed by atoms with van der Waals surface area (Å²) in [6.45, 7) is 2.27. The molecule has 1 fully saturated rings. The fourth-order valence-corrected chi connectivity index (χ4v) is 3.02. The molecule has 1 aliphatic rings. The first-order valence-electron chi connectivity index (χ1n) is 5.41. The average Bonchev–Trinajstić information content (AvgIpc) is 2.64. The monoisotopic (exact) mass is 359 g/mol. The highest BCUT2D eigenvalue weighted by molar-refractivity contribution is 9.10. The van der Waals surface area contributed by atoms with Gasteiger partial charge in [0.15, 0.2) is 11.5 Å². The summed E-state index contributed by atoms with van der Waals surface area (Å²) >= 11 is 9.42. The fraction of sp³-hybridized carbons (Fsp3) is 0.167. The highest BCUT2D eigenvalue weighted by Gasteiger charge is 2.23. The molecule has 0 aliphatic carbocycles. The Morgan fingerprint density at radius 3 is 2.89 bits per heavy atom. The van der Waals surface area contributed by atoms with Gasteiger partial charge >= 0.3 is 0 Å². The summed E-state index contributed by atoms with van der Waals surface area (Å²) in [6.07, 6.45) is 1.59. The molecule has 0 bridgehead atoms. The molecule has 2 rings (SSSR count). The Bertz CT molecular complexity index is 587. The molecule has 0 saturated carbocycles. The number of rotatable bonds is 3. The second-order valence-electron chi connectivity index (χ2n) is 3.63. The maximum Gasteiger partial charge on any atom is 0.263 e. The van der Waals surface area contributed by atoms with E-state index in [1.807, 2.05) is 6.92 Å². The lowest BCUT2D eigenvalue weighted by atomic mass is 10.1. The number of ether oxygens (including phenoxy) is 1. The van der Waals surface area contributed by atoms with Gasteiger partial charge in [0.25, 0.3) is 5.91 Å². The molecule has 1 aliphatic heterocycles. The summed E-state index contributed by atoms with van der Waals surface area (Å²) in [7, 11) is 0. The van der Waals surface area contributed by atoms with Crippen molar-refractivity contribution in [1.82, 2.24) is 5.32 Å². The van der Waals surface area contributed by atoms with E-state index in [9.17, 15) is 9.90 Å². The maximum atomic E-state index is 11.6. The minimum atomic E-state index is -0.257. The van der Waals surface area contributed by atoms with E-state index in [0.29, 0.717) is 27.1 Å². The molecule has 0 aromatic heterocycles. The van der Waals surface area contributed by atoms with Crippen molar-refractivity contribution in [2.45, 2.75) is 6.92 Å². The van der Waals surface area contributed by atoms with E-state index in [1.54, 1.807) is 18.2 Å². The van der Waals surface area contributed by atoms with Crippen molar-refractivity contribution >= 4 is 56.2 Å². The largest absolute Gasteiger partial charge is 0.504 e. The molecule has 0 unspecified atom stereocenters. The Hall–Kier alpha value is -1.05. The zero-order valence-corrected chi connectivity index (χ0v) is 13.1. The van der Waals surface area contributed by atoms with Crippen LogP contribution in [-0.4, -0.2) is 21.9 Å². The van der Waals surface area contributed by atoms with Gasteiger partial charge in [-0.05, 0) is 25.1 Å². The van der Waals surface area contributed by atoms with Crippen LogP contribution in [0.25, 0.3) is 6.08 Å². The smallest absolute Gasteiger partial charge is 0.263 e. The molecule has 1 aromatic carbocycles. The zero-order chi connectivity index (χ0) is 14.0. The number of halogens is 1. The number of hydrogen-bond donors (Lipinski definition) is 2. The van der Waals surface area contributed by atoms with Gasteiger partial charge in [-0.25, -0.2) is 0 Å². The number of nitrogens with one attached hydrogen (secondary N) is 1. The van der Waals surface area contributed by atoms with Gasteiger partial charge in [0.1, 0.15) is 4.32 Å². The van der Waals surface area contributed by atoms with Crippen molar-refractivity contribution in [1.29, 1.82) is 0 Å². The summed E-state index contributed by atoms with van der Waals surface area (Å²) < 4.78 is 6.50. The fourth-order valence-electron chi connectivity index (χ4n) is 1.53. The first-order chi connectivity index (χ1) is 9.01. The Kier molecular flexibility index (Phi) is 4.49. The summed E-state index contributed by atoms with van der Waals surface area (Å²) in [6, 6.07) is 3.38. The summed E-state index contributed by atoms with van der Waals surface area (Å²) in [5.41, 5.74) is 0.500. The SMILES string of the molecule is CCOc1cc(Br)cc(C=C2SC(=S)NC2=O)c1O. The molecule has 0 radical (unpaired) electrons. The van der Waals surface area contributed by atoms with Crippen LogP contribution in [0.4, 0.5) is 0 Å². The quantitative estimate of drug-likeness (QED) is 0.641. The van der Waals surface area contributed by atoms with Crippen LogP contribution in [0.2, 0.25) is 0 Å². The molecule has 100 valence electrons. The predicted octanol–water partition coefficient (Wildman–Crippen LogP) is 3.04. The van der Waals surface area contributed by atoms with Gasteiger partial charge in [-0.15, -0.1) is 0 Å². The number of benzene rings is 1. The molecule has 4 nitrogen and oxygen atoms in total. The third-order valence-electron chi connectivity index (χ3n) is 2.30. The molecule has 1 heterocycles. The van der Waals surface area contributed by atoms with Crippen molar-refractivity contribution in [3.8, 4) is 11.5 Å². The molecule has 1 saturated heterocycles. The zero-order valence-electron chi connectivity index (χ0n) is 9.90. The summed E-state index contributed by atoms with van der Waals surface area (Å²) in [5, 5.41) is 12.6. The van der Waals surface area contributed by atoms with Crippen molar-refractivity contribution in [2.24, 2.45) is 0 Å². The van der Waals surface area contributed by atoms with Gasteiger partial charge in [0.05, 0.1) is 11.5 Å². The molecular weight excluding hydrogens is 350 g/mol. The van der Waals surface area contributed by atoms with E-state index in [-0.39, 0.29) is 11.7 Å². The topological polar surface area (TPSA) is 58.6 Å². The molecule has 1 aromatic rings. The lowest BCUT2D eigenvalue weighted by Crippen LogP contribution is -2.17. The number of hydrogen-bond acceptors (Lipinski definition) is 5. The number of amides is 1. The number of phenols is 1. The molecule has 1 amide bonds. The average molecular weight is 360 g/mol. The number of thiocarbonyl (C=S) groups is 1. The molecule has 2 N–H and O–H groups in total. The Balaban J connectivity index is 2.42. The Morgan fingerprint density at radius 1 is 1.58 bits per heavy atom. The summed E-state index contributed by atoms with van der Waals surface area (Å²) in [4.78, 5) is 12.0. The number of carbonyl (C=O) groups excluding carboxylic acids is 1. The van der Waals surface area contributed by atoms with E-state index in [0.717, 1.165) is 4.47 Å². The van der Waals surface area contributed by atoms with Gasteiger partial charge in [-0.1, -0.05) is 39.9 Å². The van der Waals surface area contributed by atoms with Gasteiger partial charge in [0.2, 0.25) is 0 Å². The van der Waals surface area contributed by atoms with E-state index in [1.165, 1.54) is 11.8 Å². The van der Waals surface area contributed by atoms with Gasteiger partial charge in [-0.2, -0.15) is 0 Å². The molecule has 0 atom stereocenters. The van der Waals surface area contributed by atoms with E-state index < -0.39 is 0 Å². The standard InChI is InChI=1S/C12H10BrNO3S2/c1-2-17-8-5-7(13)3-6(10(8)15)4-9-11(16)14-12(18)19-9/h3-5,15H,2H2,1H3,(H,14,16,18). The first-order valence-corrected chi connectivity index (χ1v) is 7.43. The van der Waals surface area contributed by atoms with Crippen LogP contribution in [0, 0.1) is 0 Å². The number of phenolic OH excluding ortho intramolecular Hbond substituents is 1. The second-order valence-corrected chi connectivity index (χ2v) is 6.26. The van der Waals surface area contributed by atoms with Crippen molar-refractivity contribution in [3.63, 3.8) is 0 Å². The number of aromatic hydroxyl groups is 1. The van der Waals surface area contributed by atoms with Gasteiger partial charge in [-0.3, -0.25) is 4.79 Å². The molecular formula is C12H10BrNO3S2. The Labute approximate surface area is 128 Å². The number of thioether (sulfide) groups is 1. The van der Waals surface area contributed by atoms with E-state index in [4.69, 9.17) is 17.0 Å². The van der Waals surface area contributed by atoms with Gasteiger partial charge < -0.3 is 15.2 Å². The van der Waals surface area contributed by atoms with Crippen LogP contribution >= 0.6 is 39.9 Å². The van der Waals surface area contributed by atoms with Crippen LogP contribution < -0.4 is 10.1 Å². The van der Waals surface area contributed by atoms with Crippen molar-refractivity contribution < 1.29 is 14.6 Å². The lowest BCUT2D eigenvalue weighted by Gasteiger charge is -2.09. The third-order valence-corrected chi connectivity index (χ3v) is 3.92. The van der Waals surface area contributed by atoms with Crippen LogP contribution in [0.5, 0.6) is 11.5 Å². The summed E-state index contributed by atoms with van der Waals surface area (Å²) in [5.74, 6) is 0.116. The van der Waals surface area contributed by atoms with Crippen molar-refractivity contribution in [2.75, 3.05) is 6.61 Å².